The first-order valence-corrected chi connectivity index (χ1v) is 9.24. The van der Waals surface area contributed by atoms with Crippen molar-refractivity contribution in [1.82, 2.24) is 14.1 Å². The SMILES string of the molecule is O=C1CCC(=O)N1CN1CCN(S(=O)(=O)c2c(F)cccc2F)CC1. The third-order valence-electron chi connectivity index (χ3n) is 4.34. The fourth-order valence-corrected chi connectivity index (χ4v) is 4.48. The quantitative estimate of drug-likeness (QED) is 0.713. The fourth-order valence-electron chi connectivity index (χ4n) is 2.95. The third-order valence-corrected chi connectivity index (χ3v) is 6.30. The van der Waals surface area contributed by atoms with Crippen molar-refractivity contribution in [2.24, 2.45) is 0 Å². The first kappa shape index (κ1) is 17.9. The summed E-state index contributed by atoms with van der Waals surface area (Å²) >= 11 is 0. The monoisotopic (exact) mass is 373 g/mol. The zero-order valence-electron chi connectivity index (χ0n) is 13.3. The number of hydrogen-bond acceptors (Lipinski definition) is 5. The molecule has 136 valence electrons. The highest BCUT2D eigenvalue weighted by molar-refractivity contribution is 7.89. The molecule has 10 heteroatoms. The molecule has 0 spiro atoms. The maximum atomic E-state index is 13.8. The lowest BCUT2D eigenvalue weighted by molar-refractivity contribution is -0.141. The van der Waals surface area contributed by atoms with E-state index >= 15 is 0 Å². The van der Waals surface area contributed by atoms with Gasteiger partial charge < -0.3 is 0 Å². The Labute approximate surface area is 143 Å². The topological polar surface area (TPSA) is 78.0 Å². The second-order valence-electron chi connectivity index (χ2n) is 5.93. The van der Waals surface area contributed by atoms with Crippen LogP contribution in [0.4, 0.5) is 8.78 Å². The van der Waals surface area contributed by atoms with Gasteiger partial charge in [-0.05, 0) is 12.1 Å². The molecular weight excluding hydrogens is 356 g/mol. The van der Waals surface area contributed by atoms with Gasteiger partial charge in [-0.1, -0.05) is 6.07 Å². The van der Waals surface area contributed by atoms with E-state index < -0.39 is 26.6 Å². The molecule has 2 heterocycles. The Morgan fingerprint density at radius 1 is 0.920 bits per heavy atom. The molecular formula is C15H17F2N3O4S. The normalized spacial score (nSPS) is 20.5. The van der Waals surface area contributed by atoms with Crippen LogP contribution >= 0.6 is 0 Å². The summed E-state index contributed by atoms with van der Waals surface area (Å²) < 4.78 is 53.6. The number of rotatable bonds is 4. The number of halogens is 2. The van der Waals surface area contributed by atoms with Crippen LogP contribution in [0.1, 0.15) is 12.8 Å². The van der Waals surface area contributed by atoms with Gasteiger partial charge in [0.15, 0.2) is 4.90 Å². The first-order chi connectivity index (χ1) is 11.8. The van der Waals surface area contributed by atoms with E-state index in [0.717, 1.165) is 27.4 Å². The molecule has 0 bridgehead atoms. The number of carbonyl (C=O) groups excluding carboxylic acids is 2. The van der Waals surface area contributed by atoms with Gasteiger partial charge in [-0.25, -0.2) is 17.2 Å². The summed E-state index contributed by atoms with van der Waals surface area (Å²) in [4.78, 5) is 25.2. The molecule has 0 N–H and O–H groups in total. The molecule has 0 atom stereocenters. The van der Waals surface area contributed by atoms with E-state index in [4.69, 9.17) is 0 Å². The molecule has 0 unspecified atom stereocenters. The highest BCUT2D eigenvalue weighted by Gasteiger charge is 2.35. The van der Waals surface area contributed by atoms with E-state index in [1.54, 1.807) is 4.90 Å². The van der Waals surface area contributed by atoms with E-state index in [0.29, 0.717) is 0 Å². The van der Waals surface area contributed by atoms with E-state index in [9.17, 15) is 26.8 Å². The minimum absolute atomic E-state index is 0.0202. The van der Waals surface area contributed by atoms with Crippen LogP contribution < -0.4 is 0 Å². The summed E-state index contributed by atoms with van der Waals surface area (Å²) in [6.45, 7) is 0.664. The number of piperazine rings is 1. The van der Waals surface area contributed by atoms with Crippen molar-refractivity contribution >= 4 is 21.8 Å². The molecule has 2 amide bonds. The zero-order chi connectivity index (χ0) is 18.2. The van der Waals surface area contributed by atoms with Crippen molar-refractivity contribution in [3.8, 4) is 0 Å². The summed E-state index contributed by atoms with van der Waals surface area (Å²) in [5.74, 6) is -2.74. The average Bonchev–Trinajstić information content (AvgIpc) is 2.87. The van der Waals surface area contributed by atoms with Crippen LogP contribution in [-0.4, -0.2) is 67.2 Å². The summed E-state index contributed by atoms with van der Waals surface area (Å²) in [7, 11) is -4.29. The maximum absolute atomic E-state index is 13.8. The number of amides is 2. The van der Waals surface area contributed by atoms with Gasteiger partial charge in [-0.3, -0.25) is 19.4 Å². The Kier molecular flexibility index (Phi) is 4.85. The molecule has 0 aromatic heterocycles. The highest BCUT2D eigenvalue weighted by Crippen LogP contribution is 2.24. The average molecular weight is 373 g/mol. The Balaban J connectivity index is 1.68. The molecule has 2 saturated heterocycles. The van der Waals surface area contributed by atoms with Crippen molar-refractivity contribution in [1.29, 1.82) is 0 Å². The Bertz CT molecular complexity index is 771. The van der Waals surface area contributed by atoms with Crippen molar-refractivity contribution in [2.75, 3.05) is 32.8 Å². The second kappa shape index (κ2) is 6.77. The lowest BCUT2D eigenvalue weighted by atomic mass is 10.3. The minimum Gasteiger partial charge on any atom is -0.283 e. The summed E-state index contributed by atoms with van der Waals surface area (Å²) in [6.07, 6.45) is 0.388. The molecule has 1 aromatic rings. The van der Waals surface area contributed by atoms with Crippen LogP contribution in [0.25, 0.3) is 0 Å². The maximum Gasteiger partial charge on any atom is 0.249 e. The van der Waals surface area contributed by atoms with Gasteiger partial charge in [-0.15, -0.1) is 0 Å². The predicted molar refractivity (Wildman–Crippen MR) is 82.6 cm³/mol. The van der Waals surface area contributed by atoms with Crippen molar-refractivity contribution in [3.63, 3.8) is 0 Å². The second-order valence-corrected chi connectivity index (χ2v) is 7.80. The van der Waals surface area contributed by atoms with Crippen LogP contribution in [0.2, 0.25) is 0 Å². The highest BCUT2D eigenvalue weighted by atomic mass is 32.2. The Morgan fingerprint density at radius 3 is 1.96 bits per heavy atom. The fraction of sp³-hybridized carbons (Fsp3) is 0.467. The minimum atomic E-state index is -4.29. The molecule has 7 nitrogen and oxygen atoms in total. The van der Waals surface area contributed by atoms with E-state index in [-0.39, 0.29) is 57.5 Å². The van der Waals surface area contributed by atoms with Crippen molar-refractivity contribution in [2.45, 2.75) is 17.7 Å². The standard InChI is InChI=1S/C15H17F2N3O4S/c16-11-2-1-3-12(17)15(11)25(23,24)19-8-6-18(7-9-19)10-20-13(21)4-5-14(20)22/h1-3H,4-10H2. The summed E-state index contributed by atoms with van der Waals surface area (Å²) in [5.41, 5.74) is 0. The Hall–Kier alpha value is -1.91. The van der Waals surface area contributed by atoms with E-state index in [1.807, 2.05) is 0 Å². The summed E-state index contributed by atoms with van der Waals surface area (Å²) in [5, 5.41) is 0. The number of nitrogens with zero attached hydrogens (tertiary/aromatic N) is 3. The zero-order valence-corrected chi connectivity index (χ0v) is 14.1. The van der Waals surface area contributed by atoms with Crippen LogP contribution in [0.15, 0.2) is 23.1 Å². The smallest absolute Gasteiger partial charge is 0.249 e. The van der Waals surface area contributed by atoms with Gasteiger partial charge in [0.05, 0.1) is 6.67 Å². The summed E-state index contributed by atoms with van der Waals surface area (Å²) in [6, 6.07) is 2.90. The Morgan fingerprint density at radius 2 is 1.44 bits per heavy atom. The number of likely N-dealkylation sites (tertiary alicyclic amines) is 1. The van der Waals surface area contributed by atoms with Crippen LogP contribution in [-0.2, 0) is 19.6 Å². The van der Waals surface area contributed by atoms with E-state index in [1.165, 1.54) is 0 Å². The lowest BCUT2D eigenvalue weighted by Crippen LogP contribution is -2.52. The number of imide groups is 1. The van der Waals surface area contributed by atoms with Crippen LogP contribution in [0, 0.1) is 11.6 Å². The number of benzene rings is 1. The molecule has 1 aromatic carbocycles. The van der Waals surface area contributed by atoms with Gasteiger partial charge in [-0.2, -0.15) is 4.31 Å². The molecule has 2 fully saturated rings. The first-order valence-electron chi connectivity index (χ1n) is 7.80. The van der Waals surface area contributed by atoms with Gasteiger partial charge in [0.1, 0.15) is 11.6 Å². The van der Waals surface area contributed by atoms with Gasteiger partial charge in [0.2, 0.25) is 21.8 Å². The molecule has 3 rings (SSSR count). The molecule has 0 radical (unpaired) electrons. The third kappa shape index (κ3) is 3.42. The molecule has 0 aliphatic carbocycles. The van der Waals surface area contributed by atoms with E-state index in [2.05, 4.69) is 0 Å². The number of hydrogen-bond donors (Lipinski definition) is 0. The van der Waals surface area contributed by atoms with Crippen molar-refractivity contribution < 1.29 is 26.8 Å². The predicted octanol–water partition coefficient (Wildman–Crippen LogP) is 0.378. The van der Waals surface area contributed by atoms with Gasteiger partial charge in [0.25, 0.3) is 0 Å². The van der Waals surface area contributed by atoms with Gasteiger partial charge >= 0.3 is 0 Å². The van der Waals surface area contributed by atoms with Crippen LogP contribution in [0.3, 0.4) is 0 Å². The molecule has 0 saturated carbocycles. The van der Waals surface area contributed by atoms with Crippen LogP contribution in [0.5, 0.6) is 0 Å². The lowest BCUT2D eigenvalue weighted by Gasteiger charge is -2.35. The number of sulfonamides is 1. The van der Waals surface area contributed by atoms with Crippen molar-refractivity contribution in [3.05, 3.63) is 29.8 Å². The van der Waals surface area contributed by atoms with Gasteiger partial charge in [0, 0.05) is 39.0 Å². The molecule has 2 aliphatic heterocycles. The molecule has 2 aliphatic rings. The number of carbonyl (C=O) groups is 2. The molecule has 25 heavy (non-hydrogen) atoms. The largest absolute Gasteiger partial charge is 0.283 e.